The van der Waals surface area contributed by atoms with Crippen molar-refractivity contribution in [3.63, 3.8) is 0 Å². The number of hydrogen-bond donors (Lipinski definition) is 3. The fourth-order valence-corrected chi connectivity index (χ4v) is 1.11. The maximum absolute atomic E-state index is 10.7. The van der Waals surface area contributed by atoms with Crippen LogP contribution in [0.2, 0.25) is 0 Å². The standard InChI is InChI=1S/C12H14O4/c1-12(2,16)6-5-8-7-9(11(14)15)3-4-10(8)13/h3-7,13,16H,1-2H3,(H,14,15). The fraction of sp³-hybridized carbons (Fsp3) is 0.250. The number of aromatic hydroxyl groups is 1. The summed E-state index contributed by atoms with van der Waals surface area (Å²) in [6.07, 6.45) is 2.97. The van der Waals surface area contributed by atoms with Crippen LogP contribution in [0.3, 0.4) is 0 Å². The van der Waals surface area contributed by atoms with Crippen LogP contribution in [-0.2, 0) is 0 Å². The third-order valence-corrected chi connectivity index (χ3v) is 1.95. The molecule has 0 saturated heterocycles. The number of rotatable bonds is 3. The molecule has 4 heteroatoms. The zero-order valence-corrected chi connectivity index (χ0v) is 9.14. The van der Waals surface area contributed by atoms with Crippen molar-refractivity contribution >= 4 is 12.0 Å². The lowest BCUT2D eigenvalue weighted by Gasteiger charge is -2.10. The normalized spacial score (nSPS) is 11.9. The molecule has 16 heavy (non-hydrogen) atoms. The van der Waals surface area contributed by atoms with Gasteiger partial charge in [0, 0.05) is 5.56 Å². The van der Waals surface area contributed by atoms with Gasteiger partial charge in [-0.05, 0) is 32.0 Å². The number of aromatic carboxylic acids is 1. The van der Waals surface area contributed by atoms with Crippen molar-refractivity contribution in [3.05, 3.63) is 35.4 Å². The molecule has 86 valence electrons. The Morgan fingerprint density at radius 2 is 2.00 bits per heavy atom. The van der Waals surface area contributed by atoms with Gasteiger partial charge < -0.3 is 15.3 Å². The van der Waals surface area contributed by atoms with E-state index in [1.807, 2.05) is 0 Å². The summed E-state index contributed by atoms with van der Waals surface area (Å²) in [4.78, 5) is 10.7. The van der Waals surface area contributed by atoms with Gasteiger partial charge in [0.15, 0.2) is 0 Å². The van der Waals surface area contributed by atoms with Gasteiger partial charge in [0.2, 0.25) is 0 Å². The molecule has 0 aliphatic heterocycles. The van der Waals surface area contributed by atoms with Crippen molar-refractivity contribution in [2.24, 2.45) is 0 Å². The molecule has 0 aliphatic rings. The first kappa shape index (κ1) is 12.3. The number of carboxylic acids is 1. The molecular weight excluding hydrogens is 208 g/mol. The monoisotopic (exact) mass is 222 g/mol. The van der Waals surface area contributed by atoms with Crippen molar-refractivity contribution in [1.29, 1.82) is 0 Å². The molecule has 3 N–H and O–H groups in total. The van der Waals surface area contributed by atoms with E-state index in [1.165, 1.54) is 30.4 Å². The number of hydrogen-bond acceptors (Lipinski definition) is 3. The maximum Gasteiger partial charge on any atom is 0.335 e. The average molecular weight is 222 g/mol. The summed E-state index contributed by atoms with van der Waals surface area (Å²) in [5, 5.41) is 27.7. The van der Waals surface area contributed by atoms with E-state index >= 15 is 0 Å². The van der Waals surface area contributed by atoms with Gasteiger partial charge in [0.05, 0.1) is 11.2 Å². The van der Waals surface area contributed by atoms with Crippen molar-refractivity contribution in [1.82, 2.24) is 0 Å². The summed E-state index contributed by atoms with van der Waals surface area (Å²) in [5.41, 5.74) is -0.554. The quantitative estimate of drug-likeness (QED) is 0.729. The largest absolute Gasteiger partial charge is 0.507 e. The van der Waals surface area contributed by atoms with Crippen molar-refractivity contribution in [3.8, 4) is 5.75 Å². The Morgan fingerprint density at radius 3 is 2.50 bits per heavy atom. The minimum atomic E-state index is -1.06. The smallest absolute Gasteiger partial charge is 0.335 e. The third kappa shape index (κ3) is 3.40. The molecule has 0 aliphatic carbocycles. The van der Waals surface area contributed by atoms with Crippen LogP contribution in [-0.4, -0.2) is 26.9 Å². The molecular formula is C12H14O4. The molecule has 0 heterocycles. The number of benzene rings is 1. The summed E-state index contributed by atoms with van der Waals surface area (Å²) >= 11 is 0. The molecule has 0 unspecified atom stereocenters. The lowest BCUT2D eigenvalue weighted by Crippen LogP contribution is -2.13. The highest BCUT2D eigenvalue weighted by Gasteiger charge is 2.09. The summed E-state index contributed by atoms with van der Waals surface area (Å²) in [5.74, 6) is -1.08. The Bertz CT molecular complexity index is 427. The molecule has 0 aromatic heterocycles. The first-order chi connectivity index (χ1) is 7.29. The molecule has 0 fully saturated rings. The molecule has 0 atom stereocenters. The lowest BCUT2D eigenvalue weighted by atomic mass is 10.0. The maximum atomic E-state index is 10.7. The van der Waals surface area contributed by atoms with E-state index in [1.54, 1.807) is 13.8 Å². The first-order valence-corrected chi connectivity index (χ1v) is 4.77. The van der Waals surface area contributed by atoms with Crippen LogP contribution < -0.4 is 0 Å². The van der Waals surface area contributed by atoms with Gasteiger partial charge in [-0.25, -0.2) is 4.79 Å². The molecule has 0 saturated carbocycles. The molecule has 4 nitrogen and oxygen atoms in total. The number of carboxylic acid groups (broad SMARTS) is 1. The lowest BCUT2D eigenvalue weighted by molar-refractivity contribution is 0.0697. The second-order valence-electron chi connectivity index (χ2n) is 4.07. The topological polar surface area (TPSA) is 77.8 Å². The van der Waals surface area contributed by atoms with Crippen LogP contribution in [0.25, 0.3) is 6.08 Å². The predicted molar refractivity (Wildman–Crippen MR) is 60.4 cm³/mol. The first-order valence-electron chi connectivity index (χ1n) is 4.77. The predicted octanol–water partition coefficient (Wildman–Crippen LogP) is 1.87. The number of aliphatic hydroxyl groups is 1. The third-order valence-electron chi connectivity index (χ3n) is 1.95. The second kappa shape index (κ2) is 4.37. The Kier molecular flexibility index (Phi) is 3.34. The van der Waals surface area contributed by atoms with Crippen LogP contribution in [0.4, 0.5) is 0 Å². The van der Waals surface area contributed by atoms with E-state index in [0.29, 0.717) is 5.56 Å². The van der Waals surface area contributed by atoms with Crippen LogP contribution >= 0.6 is 0 Å². The van der Waals surface area contributed by atoms with E-state index < -0.39 is 11.6 Å². The Morgan fingerprint density at radius 1 is 1.38 bits per heavy atom. The zero-order valence-electron chi connectivity index (χ0n) is 9.14. The molecule has 0 spiro atoms. The number of phenolic OH excluding ortho intramolecular Hbond substituents is 1. The van der Waals surface area contributed by atoms with Crippen LogP contribution in [0.1, 0.15) is 29.8 Å². The van der Waals surface area contributed by atoms with Gasteiger partial charge in [0.1, 0.15) is 5.75 Å². The molecule has 1 aromatic carbocycles. The summed E-state index contributed by atoms with van der Waals surface area (Å²) in [6, 6.07) is 3.98. The van der Waals surface area contributed by atoms with Crippen molar-refractivity contribution in [2.75, 3.05) is 0 Å². The van der Waals surface area contributed by atoms with Crippen LogP contribution in [0.5, 0.6) is 5.75 Å². The zero-order chi connectivity index (χ0) is 12.3. The molecule has 0 amide bonds. The minimum Gasteiger partial charge on any atom is -0.507 e. The van der Waals surface area contributed by atoms with E-state index in [2.05, 4.69) is 0 Å². The molecule has 0 radical (unpaired) electrons. The minimum absolute atomic E-state index is 0.0227. The Hall–Kier alpha value is -1.81. The van der Waals surface area contributed by atoms with Gasteiger partial charge in [-0.2, -0.15) is 0 Å². The van der Waals surface area contributed by atoms with Crippen LogP contribution in [0.15, 0.2) is 24.3 Å². The van der Waals surface area contributed by atoms with E-state index in [9.17, 15) is 15.0 Å². The summed E-state index contributed by atoms with van der Waals surface area (Å²) < 4.78 is 0. The SMILES string of the molecule is CC(C)(O)C=Cc1cc(C(=O)O)ccc1O. The Labute approximate surface area is 93.5 Å². The fourth-order valence-electron chi connectivity index (χ4n) is 1.11. The highest BCUT2D eigenvalue weighted by atomic mass is 16.4. The van der Waals surface area contributed by atoms with Gasteiger partial charge >= 0.3 is 5.97 Å². The molecule has 0 bridgehead atoms. The van der Waals surface area contributed by atoms with E-state index in [4.69, 9.17) is 5.11 Å². The average Bonchev–Trinajstić information content (AvgIpc) is 2.14. The van der Waals surface area contributed by atoms with E-state index in [0.717, 1.165) is 0 Å². The molecule has 1 aromatic rings. The van der Waals surface area contributed by atoms with Gasteiger partial charge in [-0.1, -0.05) is 12.2 Å². The van der Waals surface area contributed by atoms with Gasteiger partial charge in [-0.3, -0.25) is 0 Å². The highest BCUT2D eigenvalue weighted by Crippen LogP contribution is 2.21. The van der Waals surface area contributed by atoms with Crippen LogP contribution in [0, 0.1) is 0 Å². The van der Waals surface area contributed by atoms with Crippen molar-refractivity contribution < 1.29 is 20.1 Å². The van der Waals surface area contributed by atoms with Crippen molar-refractivity contribution in [2.45, 2.75) is 19.4 Å². The number of phenols is 1. The second-order valence-corrected chi connectivity index (χ2v) is 4.07. The highest BCUT2D eigenvalue weighted by molar-refractivity contribution is 5.88. The Balaban J connectivity index is 3.08. The number of carbonyl (C=O) groups is 1. The van der Waals surface area contributed by atoms with Gasteiger partial charge in [0.25, 0.3) is 0 Å². The summed E-state index contributed by atoms with van der Waals surface area (Å²) in [7, 11) is 0. The van der Waals surface area contributed by atoms with Gasteiger partial charge in [-0.15, -0.1) is 0 Å². The molecule has 1 rings (SSSR count). The van der Waals surface area contributed by atoms with E-state index in [-0.39, 0.29) is 11.3 Å². The summed E-state index contributed by atoms with van der Waals surface area (Å²) in [6.45, 7) is 3.17.